The fraction of sp³-hybridized carbons (Fsp3) is 0.222. The van der Waals surface area contributed by atoms with Crippen molar-refractivity contribution in [2.75, 3.05) is 24.7 Å². The maximum atomic E-state index is 11.7. The molecule has 2 rings (SSSR count). The number of hydrogen-bond acceptors (Lipinski definition) is 6. The van der Waals surface area contributed by atoms with E-state index in [1.54, 1.807) is 48.5 Å². The maximum absolute atomic E-state index is 11.7. The van der Waals surface area contributed by atoms with Crippen LogP contribution in [0.4, 0.5) is 11.4 Å². The first-order valence-electron chi connectivity index (χ1n) is 6.61. The lowest BCUT2D eigenvalue weighted by Gasteiger charge is -2.07. The second-order valence-electron chi connectivity index (χ2n) is 4.52. The number of anilines is 2. The van der Waals surface area contributed by atoms with Crippen molar-refractivity contribution in [3.63, 3.8) is 0 Å². The second-order valence-corrected chi connectivity index (χ2v) is 4.52. The van der Waals surface area contributed by atoms with Crippen LogP contribution in [-0.2, 0) is 9.47 Å². The molecule has 0 aromatic heterocycles. The minimum absolute atomic E-state index is 0. The van der Waals surface area contributed by atoms with Gasteiger partial charge in [0.2, 0.25) is 0 Å². The Morgan fingerprint density at radius 3 is 1.25 bits per heavy atom. The zero-order valence-electron chi connectivity index (χ0n) is 11.8. The van der Waals surface area contributed by atoms with E-state index >= 15 is 0 Å². The molecule has 0 saturated heterocycles. The number of benzene rings is 2. The van der Waals surface area contributed by atoms with Crippen molar-refractivity contribution in [2.45, 2.75) is 14.9 Å². The van der Waals surface area contributed by atoms with E-state index in [4.69, 9.17) is 20.9 Å². The quantitative estimate of drug-likeness (QED) is 0.495. The lowest BCUT2D eigenvalue weighted by atomic mass is 10.2. The third-order valence-corrected chi connectivity index (χ3v) is 2.84. The lowest BCUT2D eigenvalue weighted by molar-refractivity contribution is 0.0265. The summed E-state index contributed by atoms with van der Waals surface area (Å²) in [5.41, 5.74) is 13.0. The molecular weight excluding hydrogens is 308 g/mol. The molecule has 0 saturated carbocycles. The molecule has 130 valence electrons. The van der Waals surface area contributed by atoms with Gasteiger partial charge in [-0.25, -0.2) is 9.59 Å². The Morgan fingerprint density at radius 1 is 0.667 bits per heavy atom. The summed E-state index contributed by atoms with van der Waals surface area (Å²) in [5.74, 6) is -0.993. The van der Waals surface area contributed by atoms with Gasteiger partial charge in [0.15, 0.2) is 0 Å². The molecular formula is C18H24N2O4. The fourth-order valence-electron chi connectivity index (χ4n) is 1.67. The van der Waals surface area contributed by atoms with Crippen LogP contribution < -0.4 is 11.5 Å². The van der Waals surface area contributed by atoms with Crippen LogP contribution in [0.1, 0.15) is 35.6 Å². The number of carbonyl (C=O) groups excluding carboxylic acids is 2. The van der Waals surface area contributed by atoms with Crippen molar-refractivity contribution in [2.24, 2.45) is 0 Å². The van der Waals surface area contributed by atoms with Crippen LogP contribution in [-0.4, -0.2) is 25.2 Å². The molecule has 0 spiro atoms. The van der Waals surface area contributed by atoms with Crippen LogP contribution in [0.25, 0.3) is 0 Å². The van der Waals surface area contributed by atoms with Gasteiger partial charge in [-0.2, -0.15) is 0 Å². The summed E-state index contributed by atoms with van der Waals surface area (Å²) < 4.78 is 9.99. The molecule has 0 bridgehead atoms. The highest BCUT2D eigenvalue weighted by atomic mass is 16.6. The van der Waals surface area contributed by atoms with Crippen LogP contribution in [0.3, 0.4) is 0 Å². The number of nitrogens with two attached hydrogens (primary N) is 2. The fourth-order valence-corrected chi connectivity index (χ4v) is 1.67. The van der Waals surface area contributed by atoms with Gasteiger partial charge in [-0.3, -0.25) is 0 Å². The molecule has 0 radical (unpaired) electrons. The second kappa shape index (κ2) is 9.89. The van der Waals surface area contributed by atoms with Crippen LogP contribution in [0.2, 0.25) is 0 Å². The zero-order chi connectivity index (χ0) is 15.9. The average molecular weight is 332 g/mol. The molecule has 0 heterocycles. The number of ether oxygens (including phenoxy) is 2. The largest absolute Gasteiger partial charge is 0.458 e. The van der Waals surface area contributed by atoms with E-state index in [2.05, 4.69) is 0 Å². The van der Waals surface area contributed by atoms with E-state index in [1.807, 2.05) is 0 Å². The minimum atomic E-state index is -0.497. The van der Waals surface area contributed by atoms with Gasteiger partial charge in [0.1, 0.15) is 13.2 Å². The summed E-state index contributed by atoms with van der Waals surface area (Å²) in [4.78, 5) is 23.4. The summed E-state index contributed by atoms with van der Waals surface area (Å²) >= 11 is 0. The van der Waals surface area contributed by atoms with Crippen molar-refractivity contribution in [1.82, 2.24) is 0 Å². The molecule has 24 heavy (non-hydrogen) atoms. The van der Waals surface area contributed by atoms with Gasteiger partial charge < -0.3 is 20.9 Å². The highest BCUT2D eigenvalue weighted by Crippen LogP contribution is 2.08. The number of hydrogen-bond donors (Lipinski definition) is 2. The molecule has 6 nitrogen and oxygen atoms in total. The van der Waals surface area contributed by atoms with E-state index < -0.39 is 11.9 Å². The maximum Gasteiger partial charge on any atom is 0.338 e. The molecule has 0 atom stereocenters. The molecule has 0 amide bonds. The molecule has 6 heteroatoms. The molecule has 4 N–H and O–H groups in total. The number of esters is 2. The predicted octanol–water partition coefficient (Wildman–Crippen LogP) is 3.14. The molecule has 2 aromatic rings. The SMILES string of the molecule is C.C.Nc1ccc(C(=O)OCCOC(=O)c2ccc(N)cc2)cc1. The van der Waals surface area contributed by atoms with Gasteiger partial charge in [0, 0.05) is 11.4 Å². The van der Waals surface area contributed by atoms with Gasteiger partial charge in [-0.1, -0.05) is 14.9 Å². The normalized spacial score (nSPS) is 9.17. The topological polar surface area (TPSA) is 105 Å². The zero-order valence-corrected chi connectivity index (χ0v) is 11.8. The molecule has 0 unspecified atom stereocenters. The van der Waals surface area contributed by atoms with Crippen molar-refractivity contribution < 1.29 is 19.1 Å². The molecule has 0 aliphatic carbocycles. The molecule has 2 aromatic carbocycles. The summed E-state index contributed by atoms with van der Waals surface area (Å²) in [6, 6.07) is 12.7. The first-order chi connectivity index (χ1) is 10.6. The Balaban J connectivity index is 0.00000264. The summed E-state index contributed by atoms with van der Waals surface area (Å²) in [5, 5.41) is 0. The Morgan fingerprint density at radius 2 is 0.958 bits per heavy atom. The smallest absolute Gasteiger partial charge is 0.338 e. The van der Waals surface area contributed by atoms with E-state index in [1.165, 1.54) is 0 Å². The monoisotopic (exact) mass is 332 g/mol. The first-order valence-corrected chi connectivity index (χ1v) is 6.61. The third kappa shape index (κ3) is 6.00. The summed E-state index contributed by atoms with van der Waals surface area (Å²) in [6.07, 6.45) is 0. The van der Waals surface area contributed by atoms with Crippen LogP contribution >= 0.6 is 0 Å². The lowest BCUT2D eigenvalue weighted by Crippen LogP contribution is -2.14. The first kappa shape index (κ1) is 21.0. The number of rotatable bonds is 5. The predicted molar refractivity (Wildman–Crippen MR) is 95.7 cm³/mol. The van der Waals surface area contributed by atoms with Gasteiger partial charge in [-0.05, 0) is 48.5 Å². The van der Waals surface area contributed by atoms with Gasteiger partial charge in [-0.15, -0.1) is 0 Å². The average Bonchev–Trinajstić information content (AvgIpc) is 2.52. The molecule has 0 aliphatic heterocycles. The van der Waals surface area contributed by atoms with Gasteiger partial charge in [0.25, 0.3) is 0 Å². The highest BCUT2D eigenvalue weighted by Gasteiger charge is 2.09. The van der Waals surface area contributed by atoms with E-state index in [9.17, 15) is 9.59 Å². The summed E-state index contributed by atoms with van der Waals surface area (Å²) in [7, 11) is 0. The van der Waals surface area contributed by atoms with Gasteiger partial charge in [0.05, 0.1) is 11.1 Å². The third-order valence-electron chi connectivity index (χ3n) is 2.84. The number of nitrogen functional groups attached to an aromatic ring is 2. The van der Waals surface area contributed by atoms with E-state index in [0.29, 0.717) is 22.5 Å². The van der Waals surface area contributed by atoms with Crippen molar-refractivity contribution in [1.29, 1.82) is 0 Å². The van der Waals surface area contributed by atoms with E-state index in [-0.39, 0.29) is 28.1 Å². The highest BCUT2D eigenvalue weighted by molar-refractivity contribution is 5.90. The van der Waals surface area contributed by atoms with Crippen molar-refractivity contribution in [3.8, 4) is 0 Å². The number of carbonyl (C=O) groups is 2. The van der Waals surface area contributed by atoms with Crippen LogP contribution in [0.15, 0.2) is 48.5 Å². The molecule has 0 aliphatic rings. The standard InChI is InChI=1S/C16H16N2O4.2CH4/c17-13-5-1-11(2-6-13)15(19)21-9-10-22-16(20)12-3-7-14(18)8-4-12;;/h1-8H,9-10,17-18H2;2*1H4. The van der Waals surface area contributed by atoms with Crippen molar-refractivity contribution >= 4 is 23.3 Å². The van der Waals surface area contributed by atoms with Crippen LogP contribution in [0.5, 0.6) is 0 Å². The Kier molecular flexibility index (Phi) is 8.64. The minimum Gasteiger partial charge on any atom is -0.458 e. The Labute approximate surface area is 142 Å². The van der Waals surface area contributed by atoms with Crippen LogP contribution in [0, 0.1) is 0 Å². The van der Waals surface area contributed by atoms with E-state index in [0.717, 1.165) is 0 Å². The Hall–Kier alpha value is -3.02. The molecule has 0 fully saturated rings. The van der Waals surface area contributed by atoms with Crippen molar-refractivity contribution in [3.05, 3.63) is 59.7 Å². The van der Waals surface area contributed by atoms with Gasteiger partial charge >= 0.3 is 11.9 Å². The Bertz CT molecular complexity index is 592. The summed E-state index contributed by atoms with van der Waals surface area (Å²) in [6.45, 7) is -0.0478.